The third kappa shape index (κ3) is 1.51. The van der Waals surface area contributed by atoms with E-state index in [4.69, 9.17) is 0 Å². The van der Waals surface area contributed by atoms with Gasteiger partial charge in [-0.05, 0) is 6.42 Å². The molecule has 0 aliphatic carbocycles. The van der Waals surface area contributed by atoms with Gasteiger partial charge in [-0.2, -0.15) is 9.37 Å². The summed E-state index contributed by atoms with van der Waals surface area (Å²) in [6.07, 6.45) is 0.358. The number of nitrogens with zero attached hydrogens (tertiary/aromatic N) is 3. The van der Waals surface area contributed by atoms with Gasteiger partial charge >= 0.3 is 6.08 Å². The summed E-state index contributed by atoms with van der Waals surface area (Å²) in [5.74, 6) is 0. The topological polar surface area (TPSA) is 30.7 Å². The molecule has 0 saturated heterocycles. The molecule has 1 aromatic heterocycles. The summed E-state index contributed by atoms with van der Waals surface area (Å²) in [4.78, 5) is 3.48. The van der Waals surface area contributed by atoms with Crippen molar-refractivity contribution in [1.82, 2.24) is 14.8 Å². The van der Waals surface area contributed by atoms with Gasteiger partial charge in [0.25, 0.3) is 0 Å². The van der Waals surface area contributed by atoms with Gasteiger partial charge in [0.05, 0.1) is 0 Å². The number of rotatable bonds is 2. The summed E-state index contributed by atoms with van der Waals surface area (Å²) in [5, 5.41) is 3.79. The van der Waals surface area contributed by atoms with E-state index in [9.17, 15) is 4.39 Å². The Morgan fingerprint density at radius 3 is 2.80 bits per heavy atom. The molecule has 0 N–H and O–H groups in total. The summed E-state index contributed by atoms with van der Waals surface area (Å²) < 4.78 is 13.8. The van der Waals surface area contributed by atoms with Crippen LogP contribution in [0.5, 0.6) is 0 Å². The Hall–Kier alpha value is -0.500. The van der Waals surface area contributed by atoms with Crippen molar-refractivity contribution in [3.8, 4) is 0 Å². The van der Waals surface area contributed by atoms with E-state index in [-0.39, 0.29) is 0 Å². The van der Waals surface area contributed by atoms with Crippen molar-refractivity contribution in [3.63, 3.8) is 0 Å². The van der Waals surface area contributed by atoms with Crippen LogP contribution in [0.4, 0.5) is 4.39 Å². The van der Waals surface area contributed by atoms with Crippen LogP contribution >= 0.6 is 9.24 Å². The molecule has 56 valence electrons. The van der Waals surface area contributed by atoms with Crippen LogP contribution in [0.3, 0.4) is 0 Å². The van der Waals surface area contributed by atoms with E-state index in [1.165, 1.54) is 4.68 Å². The van der Waals surface area contributed by atoms with E-state index in [0.29, 0.717) is 12.1 Å². The second kappa shape index (κ2) is 3.06. The van der Waals surface area contributed by atoms with Crippen LogP contribution in [0.2, 0.25) is 0 Å². The molecule has 5 heteroatoms. The SMILES string of the molecule is CCCn1nc(P)nc1F. The van der Waals surface area contributed by atoms with Gasteiger partial charge in [-0.15, -0.1) is 5.10 Å². The van der Waals surface area contributed by atoms with Gasteiger partial charge in [0.2, 0.25) is 0 Å². The molecule has 0 aliphatic heterocycles. The number of aromatic nitrogens is 3. The zero-order chi connectivity index (χ0) is 7.56. The molecule has 0 bridgehead atoms. The molecule has 0 fully saturated rings. The first-order chi connectivity index (χ1) is 4.74. The smallest absolute Gasteiger partial charge is 0.221 e. The molecule has 0 saturated carbocycles. The van der Waals surface area contributed by atoms with E-state index in [1.807, 2.05) is 6.92 Å². The lowest BCUT2D eigenvalue weighted by atomic mass is 10.5. The minimum absolute atomic E-state index is 0.408. The Morgan fingerprint density at radius 2 is 2.40 bits per heavy atom. The first-order valence-electron chi connectivity index (χ1n) is 3.10. The monoisotopic (exact) mass is 161 g/mol. The van der Waals surface area contributed by atoms with Gasteiger partial charge in [0.15, 0.2) is 5.57 Å². The van der Waals surface area contributed by atoms with E-state index in [2.05, 4.69) is 19.3 Å². The number of hydrogen-bond donors (Lipinski definition) is 0. The van der Waals surface area contributed by atoms with Crippen LogP contribution in [-0.2, 0) is 6.54 Å². The Kier molecular flexibility index (Phi) is 2.33. The van der Waals surface area contributed by atoms with Gasteiger partial charge in [0, 0.05) is 6.54 Å². The van der Waals surface area contributed by atoms with E-state index in [0.717, 1.165) is 6.42 Å². The molecular formula is C5H9FN3P. The molecule has 0 aromatic carbocycles. The van der Waals surface area contributed by atoms with Crippen LogP contribution in [0.1, 0.15) is 13.3 Å². The molecule has 0 amide bonds. The lowest BCUT2D eigenvalue weighted by Crippen LogP contribution is -2.03. The number of aryl methyl sites for hydroxylation is 1. The minimum Gasteiger partial charge on any atom is -0.221 e. The maximum Gasteiger partial charge on any atom is 0.307 e. The first kappa shape index (κ1) is 7.61. The van der Waals surface area contributed by atoms with E-state index < -0.39 is 6.08 Å². The summed E-state index contributed by atoms with van der Waals surface area (Å²) in [5.41, 5.74) is 0.408. The van der Waals surface area contributed by atoms with Crippen LogP contribution in [0.15, 0.2) is 0 Å². The molecule has 1 aromatic rings. The summed E-state index contributed by atoms with van der Waals surface area (Å²) >= 11 is 0. The summed E-state index contributed by atoms with van der Waals surface area (Å²) in [6.45, 7) is 2.55. The fourth-order valence-corrected chi connectivity index (χ4v) is 0.940. The Labute approximate surface area is 60.8 Å². The van der Waals surface area contributed by atoms with Crippen LogP contribution in [0.25, 0.3) is 0 Å². The molecule has 3 nitrogen and oxygen atoms in total. The molecule has 1 heterocycles. The van der Waals surface area contributed by atoms with Crippen molar-refractivity contribution >= 4 is 14.8 Å². The number of halogens is 1. The van der Waals surface area contributed by atoms with Crippen molar-refractivity contribution < 1.29 is 4.39 Å². The lowest BCUT2D eigenvalue weighted by Gasteiger charge is -1.93. The molecule has 1 atom stereocenters. The normalized spacial score (nSPS) is 10.3. The fraction of sp³-hybridized carbons (Fsp3) is 0.600. The van der Waals surface area contributed by atoms with Crippen molar-refractivity contribution in [2.24, 2.45) is 0 Å². The highest BCUT2D eigenvalue weighted by atomic mass is 31.0. The van der Waals surface area contributed by atoms with Crippen molar-refractivity contribution in [2.75, 3.05) is 0 Å². The second-order valence-electron chi connectivity index (χ2n) is 1.96. The van der Waals surface area contributed by atoms with Crippen LogP contribution in [-0.4, -0.2) is 14.8 Å². The molecular weight excluding hydrogens is 152 g/mol. The predicted molar refractivity (Wildman–Crippen MR) is 39.6 cm³/mol. The minimum atomic E-state index is -0.508. The Balaban J connectivity index is 2.81. The van der Waals surface area contributed by atoms with Gasteiger partial charge in [-0.3, -0.25) is 0 Å². The van der Waals surface area contributed by atoms with Crippen molar-refractivity contribution in [2.45, 2.75) is 19.9 Å². The van der Waals surface area contributed by atoms with Crippen molar-refractivity contribution in [3.05, 3.63) is 6.08 Å². The molecule has 0 aliphatic rings. The first-order valence-corrected chi connectivity index (χ1v) is 3.67. The lowest BCUT2D eigenvalue weighted by molar-refractivity contribution is 0.434. The predicted octanol–water partition coefficient (Wildman–Crippen LogP) is 0.328. The highest BCUT2D eigenvalue weighted by Crippen LogP contribution is 1.92. The zero-order valence-electron chi connectivity index (χ0n) is 5.71. The quantitative estimate of drug-likeness (QED) is 0.585. The highest BCUT2D eigenvalue weighted by Gasteiger charge is 2.02. The molecule has 10 heavy (non-hydrogen) atoms. The van der Waals surface area contributed by atoms with Crippen LogP contribution < -0.4 is 5.57 Å². The van der Waals surface area contributed by atoms with Gasteiger partial charge in [-0.1, -0.05) is 16.2 Å². The van der Waals surface area contributed by atoms with E-state index in [1.54, 1.807) is 0 Å². The van der Waals surface area contributed by atoms with Gasteiger partial charge in [-0.25, -0.2) is 4.68 Å². The van der Waals surface area contributed by atoms with Crippen molar-refractivity contribution in [1.29, 1.82) is 0 Å². The average molecular weight is 161 g/mol. The third-order valence-corrected chi connectivity index (χ3v) is 1.32. The molecule has 1 unspecified atom stereocenters. The van der Waals surface area contributed by atoms with Gasteiger partial charge in [0.1, 0.15) is 0 Å². The highest BCUT2D eigenvalue weighted by molar-refractivity contribution is 7.26. The average Bonchev–Trinajstić information content (AvgIpc) is 2.13. The summed E-state index contributed by atoms with van der Waals surface area (Å²) in [6, 6.07) is 0. The summed E-state index contributed by atoms with van der Waals surface area (Å²) in [7, 11) is 2.25. The molecule has 0 spiro atoms. The van der Waals surface area contributed by atoms with Gasteiger partial charge < -0.3 is 0 Å². The third-order valence-electron chi connectivity index (χ3n) is 1.08. The molecule has 0 radical (unpaired) electrons. The largest absolute Gasteiger partial charge is 0.307 e. The second-order valence-corrected chi connectivity index (χ2v) is 2.48. The Morgan fingerprint density at radius 1 is 1.70 bits per heavy atom. The number of hydrogen-bond acceptors (Lipinski definition) is 2. The Bertz CT molecular complexity index is 223. The van der Waals surface area contributed by atoms with Crippen LogP contribution in [0, 0.1) is 6.08 Å². The zero-order valence-corrected chi connectivity index (χ0v) is 6.87. The maximum atomic E-state index is 12.6. The van der Waals surface area contributed by atoms with E-state index >= 15 is 0 Å². The standard InChI is InChI=1S/C5H9FN3P/c1-2-3-9-4(6)7-5(10)8-9/h2-3,10H2,1H3. The molecule has 1 rings (SSSR count). The fourth-order valence-electron chi connectivity index (χ4n) is 0.694. The maximum absolute atomic E-state index is 12.6.